The van der Waals surface area contributed by atoms with Crippen LogP contribution < -0.4 is 9.47 Å². The second-order valence-corrected chi connectivity index (χ2v) is 3.71. The molecule has 0 fully saturated rings. The summed E-state index contributed by atoms with van der Waals surface area (Å²) in [5, 5.41) is 0.406. The Hall–Kier alpha value is -1.74. The van der Waals surface area contributed by atoms with Crippen molar-refractivity contribution in [3.63, 3.8) is 0 Å². The molecule has 0 amide bonds. The normalized spacial score (nSPS) is 10.0. The minimum absolute atomic E-state index is 0.406. The third-order valence-electron chi connectivity index (χ3n) is 2.05. The Morgan fingerprint density at radius 3 is 2.65 bits per heavy atom. The van der Waals surface area contributed by atoms with Gasteiger partial charge in [-0.3, -0.25) is 0 Å². The number of aromatic nitrogens is 1. The van der Waals surface area contributed by atoms with Crippen LogP contribution in [0.25, 0.3) is 0 Å². The largest absolute Gasteiger partial charge is 0.494 e. The average Bonchev–Trinajstić information content (AvgIpc) is 2.30. The molecule has 0 N–H and O–H groups in total. The maximum atomic E-state index is 5.78. The van der Waals surface area contributed by atoms with E-state index in [1.807, 2.05) is 31.2 Å². The van der Waals surface area contributed by atoms with Gasteiger partial charge in [0, 0.05) is 18.3 Å². The van der Waals surface area contributed by atoms with Crippen molar-refractivity contribution >= 4 is 11.6 Å². The molecule has 0 saturated heterocycles. The van der Waals surface area contributed by atoms with Crippen molar-refractivity contribution in [3.05, 3.63) is 47.7 Å². The topological polar surface area (TPSA) is 31.4 Å². The van der Waals surface area contributed by atoms with Crippen molar-refractivity contribution in [1.29, 1.82) is 0 Å². The van der Waals surface area contributed by atoms with Crippen molar-refractivity contribution in [2.45, 2.75) is 6.92 Å². The van der Waals surface area contributed by atoms with Crippen LogP contribution in [0.1, 0.15) is 6.92 Å². The van der Waals surface area contributed by atoms with Crippen molar-refractivity contribution in [2.24, 2.45) is 0 Å². The summed E-state index contributed by atoms with van der Waals surface area (Å²) < 4.78 is 11.0. The average molecular weight is 250 g/mol. The van der Waals surface area contributed by atoms with E-state index in [2.05, 4.69) is 4.98 Å². The van der Waals surface area contributed by atoms with Gasteiger partial charge in [-0.25, -0.2) is 4.98 Å². The van der Waals surface area contributed by atoms with Crippen LogP contribution in [0.15, 0.2) is 42.6 Å². The van der Waals surface area contributed by atoms with Gasteiger partial charge in [0.15, 0.2) is 0 Å². The third kappa shape index (κ3) is 3.36. The van der Waals surface area contributed by atoms with Gasteiger partial charge in [-0.1, -0.05) is 17.7 Å². The molecular formula is C13H12ClNO2. The van der Waals surface area contributed by atoms with Gasteiger partial charge in [0.25, 0.3) is 0 Å². The number of hydrogen-bond acceptors (Lipinski definition) is 3. The van der Waals surface area contributed by atoms with Crippen LogP contribution in [-0.2, 0) is 0 Å². The highest BCUT2D eigenvalue weighted by molar-refractivity contribution is 6.29. The Balaban J connectivity index is 2.15. The van der Waals surface area contributed by atoms with Crippen LogP contribution in [0.2, 0.25) is 5.15 Å². The summed E-state index contributed by atoms with van der Waals surface area (Å²) in [4.78, 5) is 3.89. The molecule has 17 heavy (non-hydrogen) atoms. The molecule has 0 unspecified atom stereocenters. The molecule has 0 aliphatic carbocycles. The lowest BCUT2D eigenvalue weighted by molar-refractivity contribution is 0.338. The van der Waals surface area contributed by atoms with Gasteiger partial charge in [0.1, 0.15) is 22.4 Å². The van der Waals surface area contributed by atoms with Crippen molar-refractivity contribution in [1.82, 2.24) is 4.98 Å². The van der Waals surface area contributed by atoms with E-state index < -0.39 is 0 Å². The van der Waals surface area contributed by atoms with E-state index in [0.29, 0.717) is 23.3 Å². The van der Waals surface area contributed by atoms with E-state index in [1.54, 1.807) is 18.3 Å². The summed E-state index contributed by atoms with van der Waals surface area (Å²) in [6, 6.07) is 10.9. The number of nitrogens with zero attached hydrogens (tertiary/aromatic N) is 1. The molecule has 2 aromatic rings. The fourth-order valence-electron chi connectivity index (χ4n) is 1.38. The number of ether oxygens (including phenoxy) is 2. The van der Waals surface area contributed by atoms with Crippen LogP contribution in [0.4, 0.5) is 0 Å². The summed E-state index contributed by atoms with van der Waals surface area (Å²) in [5.74, 6) is 2.14. The molecule has 0 atom stereocenters. The van der Waals surface area contributed by atoms with Gasteiger partial charge in [-0.2, -0.15) is 0 Å². The first-order valence-electron chi connectivity index (χ1n) is 5.30. The highest BCUT2D eigenvalue weighted by Gasteiger charge is 2.00. The highest BCUT2D eigenvalue weighted by atomic mass is 35.5. The summed E-state index contributed by atoms with van der Waals surface area (Å²) in [6.45, 7) is 2.57. The zero-order chi connectivity index (χ0) is 12.1. The Morgan fingerprint density at radius 2 is 1.88 bits per heavy atom. The molecule has 0 bridgehead atoms. The highest BCUT2D eigenvalue weighted by Crippen LogP contribution is 2.26. The molecule has 0 spiro atoms. The second kappa shape index (κ2) is 5.55. The van der Waals surface area contributed by atoms with Gasteiger partial charge in [-0.05, 0) is 25.1 Å². The standard InChI is InChI=1S/C13H12ClNO2/c1-2-16-10-4-3-5-11(8-10)17-12-6-7-15-13(14)9-12/h3-9H,2H2,1H3. The second-order valence-electron chi connectivity index (χ2n) is 3.32. The zero-order valence-electron chi connectivity index (χ0n) is 9.39. The van der Waals surface area contributed by atoms with Crippen LogP contribution in [0, 0.1) is 0 Å². The molecule has 4 heteroatoms. The van der Waals surface area contributed by atoms with Gasteiger partial charge < -0.3 is 9.47 Å². The van der Waals surface area contributed by atoms with E-state index in [0.717, 1.165) is 5.75 Å². The maximum absolute atomic E-state index is 5.78. The van der Waals surface area contributed by atoms with Crippen molar-refractivity contribution in [3.8, 4) is 17.2 Å². The monoisotopic (exact) mass is 249 g/mol. The Kier molecular flexibility index (Phi) is 3.83. The number of pyridine rings is 1. The number of halogens is 1. The first-order chi connectivity index (χ1) is 8.28. The van der Waals surface area contributed by atoms with E-state index >= 15 is 0 Å². The minimum atomic E-state index is 0.406. The molecule has 0 saturated carbocycles. The Morgan fingerprint density at radius 1 is 1.12 bits per heavy atom. The lowest BCUT2D eigenvalue weighted by atomic mass is 10.3. The van der Waals surface area contributed by atoms with Crippen LogP contribution >= 0.6 is 11.6 Å². The zero-order valence-corrected chi connectivity index (χ0v) is 10.1. The quantitative estimate of drug-likeness (QED) is 0.770. The lowest BCUT2D eigenvalue weighted by Crippen LogP contribution is -1.91. The molecular weight excluding hydrogens is 238 g/mol. The fraction of sp³-hybridized carbons (Fsp3) is 0.154. The summed E-state index contributed by atoms with van der Waals surface area (Å²) in [6.07, 6.45) is 1.60. The predicted octanol–water partition coefficient (Wildman–Crippen LogP) is 3.93. The number of benzene rings is 1. The van der Waals surface area contributed by atoms with E-state index in [1.165, 1.54) is 0 Å². The summed E-state index contributed by atoms with van der Waals surface area (Å²) in [7, 11) is 0. The predicted molar refractivity (Wildman–Crippen MR) is 66.9 cm³/mol. The Bertz CT molecular complexity index is 502. The first kappa shape index (κ1) is 11.7. The van der Waals surface area contributed by atoms with E-state index in [-0.39, 0.29) is 0 Å². The summed E-state index contributed by atoms with van der Waals surface area (Å²) in [5.41, 5.74) is 0. The van der Waals surface area contributed by atoms with Crippen LogP contribution in [0.3, 0.4) is 0 Å². The fourth-order valence-corrected chi connectivity index (χ4v) is 1.54. The number of hydrogen-bond donors (Lipinski definition) is 0. The lowest BCUT2D eigenvalue weighted by Gasteiger charge is -2.08. The van der Waals surface area contributed by atoms with Gasteiger partial charge in [0.05, 0.1) is 6.61 Å². The smallest absolute Gasteiger partial charge is 0.132 e. The van der Waals surface area contributed by atoms with Gasteiger partial charge in [-0.15, -0.1) is 0 Å². The number of rotatable bonds is 4. The van der Waals surface area contributed by atoms with Crippen LogP contribution in [0.5, 0.6) is 17.2 Å². The Labute approximate surface area is 105 Å². The summed E-state index contributed by atoms with van der Waals surface area (Å²) >= 11 is 5.78. The molecule has 1 aromatic heterocycles. The van der Waals surface area contributed by atoms with Crippen LogP contribution in [-0.4, -0.2) is 11.6 Å². The minimum Gasteiger partial charge on any atom is -0.494 e. The molecule has 0 aliphatic rings. The molecule has 0 radical (unpaired) electrons. The third-order valence-corrected chi connectivity index (χ3v) is 2.26. The van der Waals surface area contributed by atoms with Crippen molar-refractivity contribution in [2.75, 3.05) is 6.61 Å². The van der Waals surface area contributed by atoms with Gasteiger partial charge in [0.2, 0.25) is 0 Å². The maximum Gasteiger partial charge on any atom is 0.132 e. The first-order valence-corrected chi connectivity index (χ1v) is 5.68. The molecule has 2 rings (SSSR count). The molecule has 1 heterocycles. The SMILES string of the molecule is CCOc1cccc(Oc2ccnc(Cl)c2)c1. The molecule has 0 aliphatic heterocycles. The van der Waals surface area contributed by atoms with E-state index in [4.69, 9.17) is 21.1 Å². The van der Waals surface area contributed by atoms with E-state index in [9.17, 15) is 0 Å². The molecule has 3 nitrogen and oxygen atoms in total. The van der Waals surface area contributed by atoms with Gasteiger partial charge >= 0.3 is 0 Å². The van der Waals surface area contributed by atoms with Crippen molar-refractivity contribution < 1.29 is 9.47 Å². The molecule has 1 aromatic carbocycles. The molecule has 88 valence electrons.